The molecule has 7 nitrogen and oxygen atoms in total. The molecule has 0 bridgehead atoms. The van der Waals surface area contributed by atoms with Crippen LogP contribution in [0.2, 0.25) is 0 Å². The second-order valence-corrected chi connectivity index (χ2v) is 5.02. The maximum absolute atomic E-state index is 11.6. The summed E-state index contributed by atoms with van der Waals surface area (Å²) in [5, 5.41) is 16.7. The minimum atomic E-state index is -0.478. The molecule has 1 saturated carbocycles. The van der Waals surface area contributed by atoms with Crippen molar-refractivity contribution in [2.75, 3.05) is 18.5 Å². The third kappa shape index (κ3) is 4.94. The molecule has 7 heteroatoms. The van der Waals surface area contributed by atoms with Crippen molar-refractivity contribution in [3.8, 4) is 5.75 Å². The summed E-state index contributed by atoms with van der Waals surface area (Å²) < 4.78 is 5.42. The molecule has 114 valence electrons. The summed E-state index contributed by atoms with van der Waals surface area (Å²) >= 11 is 0. The molecule has 21 heavy (non-hydrogen) atoms. The molecule has 1 aromatic rings. The van der Waals surface area contributed by atoms with Crippen molar-refractivity contribution in [3.05, 3.63) is 28.3 Å². The zero-order valence-electron chi connectivity index (χ0n) is 11.9. The second kappa shape index (κ2) is 6.92. The van der Waals surface area contributed by atoms with E-state index in [1.54, 1.807) is 6.07 Å². The average Bonchev–Trinajstić information content (AvgIpc) is 3.26. The monoisotopic (exact) mass is 293 g/mol. The highest BCUT2D eigenvalue weighted by Gasteiger charge is 2.23. The maximum Gasteiger partial charge on any atom is 0.275 e. The first-order valence-corrected chi connectivity index (χ1v) is 7.04. The van der Waals surface area contributed by atoms with Crippen LogP contribution in [0.3, 0.4) is 0 Å². The Morgan fingerprint density at radius 1 is 1.43 bits per heavy atom. The Hall–Kier alpha value is -2.31. The predicted molar refractivity (Wildman–Crippen MR) is 78.5 cm³/mol. The van der Waals surface area contributed by atoms with Gasteiger partial charge in [0.15, 0.2) is 0 Å². The van der Waals surface area contributed by atoms with Crippen LogP contribution in [-0.4, -0.2) is 30.0 Å². The van der Waals surface area contributed by atoms with Gasteiger partial charge in [0.1, 0.15) is 5.75 Å². The van der Waals surface area contributed by atoms with E-state index < -0.39 is 4.92 Å². The number of anilines is 1. The molecule has 0 atom stereocenters. The lowest BCUT2D eigenvalue weighted by molar-refractivity contribution is -0.384. The van der Waals surface area contributed by atoms with E-state index in [4.69, 9.17) is 4.74 Å². The number of nitro benzene ring substituents is 1. The van der Waals surface area contributed by atoms with Crippen LogP contribution >= 0.6 is 0 Å². The molecule has 0 aliphatic heterocycles. The van der Waals surface area contributed by atoms with Gasteiger partial charge < -0.3 is 15.4 Å². The van der Waals surface area contributed by atoms with E-state index in [-0.39, 0.29) is 18.1 Å². The first-order valence-electron chi connectivity index (χ1n) is 7.04. The average molecular weight is 293 g/mol. The van der Waals surface area contributed by atoms with Crippen LogP contribution in [0.25, 0.3) is 0 Å². The molecule has 2 N–H and O–H groups in total. The minimum Gasteiger partial charge on any atom is -0.493 e. The van der Waals surface area contributed by atoms with Crippen LogP contribution in [0.4, 0.5) is 11.4 Å². The normalized spacial score (nSPS) is 13.6. The van der Waals surface area contributed by atoms with Crippen molar-refractivity contribution >= 4 is 17.3 Å². The third-order valence-electron chi connectivity index (χ3n) is 2.97. The Labute approximate surface area is 122 Å². The van der Waals surface area contributed by atoms with Crippen LogP contribution in [0.5, 0.6) is 5.75 Å². The quantitative estimate of drug-likeness (QED) is 0.565. The molecule has 1 aliphatic carbocycles. The lowest BCUT2D eigenvalue weighted by atomic mass is 10.2. The van der Waals surface area contributed by atoms with E-state index in [0.29, 0.717) is 24.1 Å². The summed E-state index contributed by atoms with van der Waals surface area (Å²) in [4.78, 5) is 22.0. The van der Waals surface area contributed by atoms with Gasteiger partial charge in [0.05, 0.1) is 24.1 Å². The van der Waals surface area contributed by atoms with E-state index in [1.165, 1.54) is 12.1 Å². The first-order chi connectivity index (χ1) is 10.1. The van der Waals surface area contributed by atoms with Gasteiger partial charge in [-0.2, -0.15) is 0 Å². The van der Waals surface area contributed by atoms with Crippen LogP contribution in [0.1, 0.15) is 26.2 Å². The second-order valence-electron chi connectivity index (χ2n) is 5.02. The number of hydrogen-bond acceptors (Lipinski definition) is 5. The van der Waals surface area contributed by atoms with Crippen molar-refractivity contribution in [1.82, 2.24) is 5.32 Å². The zero-order valence-corrected chi connectivity index (χ0v) is 11.9. The Balaban J connectivity index is 2.00. The van der Waals surface area contributed by atoms with Gasteiger partial charge in [0.25, 0.3) is 5.69 Å². The van der Waals surface area contributed by atoms with Crippen molar-refractivity contribution in [2.45, 2.75) is 32.2 Å². The van der Waals surface area contributed by atoms with Crippen LogP contribution < -0.4 is 15.4 Å². The fourth-order valence-corrected chi connectivity index (χ4v) is 1.78. The largest absolute Gasteiger partial charge is 0.493 e. The molecular weight excluding hydrogens is 274 g/mol. The smallest absolute Gasteiger partial charge is 0.275 e. The molecule has 0 radical (unpaired) electrons. The lowest BCUT2D eigenvalue weighted by Gasteiger charge is -2.10. The number of carbonyl (C=O) groups is 1. The topological polar surface area (TPSA) is 93.5 Å². The summed E-state index contributed by atoms with van der Waals surface area (Å²) in [6.07, 6.45) is 2.87. The molecule has 1 fully saturated rings. The van der Waals surface area contributed by atoms with Crippen molar-refractivity contribution < 1.29 is 14.5 Å². The number of carbonyl (C=O) groups excluding carboxylic acids is 1. The van der Waals surface area contributed by atoms with Gasteiger partial charge in [-0.25, -0.2) is 0 Å². The number of amides is 1. The summed E-state index contributed by atoms with van der Waals surface area (Å²) in [5.41, 5.74) is 0.440. The molecular formula is C14H19N3O4. The number of nitro groups is 1. The van der Waals surface area contributed by atoms with E-state index in [1.807, 2.05) is 6.92 Å². The lowest BCUT2D eigenvalue weighted by Crippen LogP contribution is -2.31. The highest BCUT2D eigenvalue weighted by molar-refractivity contribution is 5.81. The summed E-state index contributed by atoms with van der Waals surface area (Å²) in [6.45, 7) is 2.53. The Kier molecular flexibility index (Phi) is 4.97. The molecule has 2 rings (SSSR count). The predicted octanol–water partition coefficient (Wildman–Crippen LogP) is 2.07. The number of non-ortho nitro benzene ring substituents is 1. The SMILES string of the molecule is CCCOc1cc(NCC(=O)NC2CC2)cc([N+](=O)[O-])c1. The summed E-state index contributed by atoms with van der Waals surface area (Å²) in [6, 6.07) is 4.73. The van der Waals surface area contributed by atoms with Gasteiger partial charge in [-0.05, 0) is 19.3 Å². The van der Waals surface area contributed by atoms with E-state index in [9.17, 15) is 14.9 Å². The number of nitrogens with one attached hydrogen (secondary N) is 2. The Morgan fingerprint density at radius 2 is 2.19 bits per heavy atom. The van der Waals surface area contributed by atoms with E-state index in [0.717, 1.165) is 19.3 Å². The summed E-state index contributed by atoms with van der Waals surface area (Å²) in [7, 11) is 0. The molecule has 0 saturated heterocycles. The number of hydrogen-bond donors (Lipinski definition) is 2. The molecule has 1 amide bonds. The zero-order chi connectivity index (χ0) is 15.2. The van der Waals surface area contributed by atoms with Crippen molar-refractivity contribution in [3.63, 3.8) is 0 Å². The van der Waals surface area contributed by atoms with Crippen LogP contribution in [0.15, 0.2) is 18.2 Å². The van der Waals surface area contributed by atoms with Gasteiger partial charge in [0.2, 0.25) is 5.91 Å². The molecule has 0 aromatic heterocycles. The van der Waals surface area contributed by atoms with Crippen molar-refractivity contribution in [2.24, 2.45) is 0 Å². The number of benzene rings is 1. The highest BCUT2D eigenvalue weighted by Crippen LogP contribution is 2.26. The summed E-state index contributed by atoms with van der Waals surface area (Å²) in [5.74, 6) is 0.316. The number of rotatable bonds is 8. The van der Waals surface area contributed by atoms with Gasteiger partial charge >= 0.3 is 0 Å². The molecule has 0 unspecified atom stereocenters. The Morgan fingerprint density at radius 3 is 2.81 bits per heavy atom. The number of nitrogens with zero attached hydrogens (tertiary/aromatic N) is 1. The molecule has 0 spiro atoms. The first kappa shape index (κ1) is 15.1. The highest BCUT2D eigenvalue weighted by atomic mass is 16.6. The minimum absolute atomic E-state index is 0.0614. The van der Waals surface area contributed by atoms with E-state index >= 15 is 0 Å². The third-order valence-corrected chi connectivity index (χ3v) is 2.97. The van der Waals surface area contributed by atoms with E-state index in [2.05, 4.69) is 10.6 Å². The van der Waals surface area contributed by atoms with Crippen molar-refractivity contribution in [1.29, 1.82) is 0 Å². The standard InChI is InChI=1S/C14H19N3O4/c1-2-5-21-13-7-11(6-12(8-13)17(19)20)15-9-14(18)16-10-3-4-10/h6-8,10,15H,2-5,9H2,1H3,(H,16,18). The van der Waals surface area contributed by atoms with Crippen LogP contribution in [-0.2, 0) is 4.79 Å². The molecule has 1 aliphatic rings. The maximum atomic E-state index is 11.6. The molecule has 0 heterocycles. The number of ether oxygens (including phenoxy) is 1. The van der Waals surface area contributed by atoms with Gasteiger partial charge in [0, 0.05) is 23.9 Å². The van der Waals surface area contributed by atoms with Gasteiger partial charge in [-0.1, -0.05) is 6.92 Å². The van der Waals surface area contributed by atoms with Gasteiger partial charge in [-0.15, -0.1) is 0 Å². The fraction of sp³-hybridized carbons (Fsp3) is 0.500. The fourth-order valence-electron chi connectivity index (χ4n) is 1.78. The van der Waals surface area contributed by atoms with Gasteiger partial charge in [-0.3, -0.25) is 14.9 Å². The Bertz CT molecular complexity index is 529. The molecule has 1 aromatic carbocycles. The van der Waals surface area contributed by atoms with Crippen LogP contribution in [0, 0.1) is 10.1 Å².